The Bertz CT molecular complexity index is 2920. The lowest BCUT2D eigenvalue weighted by Crippen LogP contribution is -1.93. The van der Waals surface area contributed by atoms with E-state index in [2.05, 4.69) is 0 Å². The SMILES string of the molecule is [2H]c1c([2H])c([2H])c2c([2H])c(-c3ccccc3-c3c4ccccc4c(-c4c([2H])c([2H])c([2H])c5c([2H])c([2H])c([2H])c([2H])c45)c4ccccc34)c([2H])c([2H])c2c1[2H]. The molecule has 0 fully saturated rings. The Morgan fingerprint density at radius 2 is 0.875 bits per heavy atom. The number of benzene rings is 8. The second-order valence-corrected chi connectivity index (χ2v) is 9.39. The van der Waals surface area contributed by atoms with Gasteiger partial charge in [-0.05, 0) is 82.5 Å². The molecule has 40 heavy (non-hydrogen) atoms. The highest BCUT2D eigenvalue weighted by molar-refractivity contribution is 6.24. The lowest BCUT2D eigenvalue weighted by Gasteiger charge is -2.20. The van der Waals surface area contributed by atoms with E-state index < -0.39 is 66.5 Å². The largest absolute Gasteiger partial charge is 0.0636 e. The van der Waals surface area contributed by atoms with Crippen molar-refractivity contribution in [1.82, 2.24) is 0 Å². The summed E-state index contributed by atoms with van der Waals surface area (Å²) in [5, 5.41) is 1.79. The van der Waals surface area contributed by atoms with Crippen LogP contribution in [0.2, 0.25) is 0 Å². The second-order valence-electron chi connectivity index (χ2n) is 9.39. The van der Waals surface area contributed by atoms with Gasteiger partial charge < -0.3 is 0 Å². The van der Waals surface area contributed by atoms with Crippen LogP contribution in [0.5, 0.6) is 0 Å². The summed E-state index contributed by atoms with van der Waals surface area (Å²) in [4.78, 5) is 0. The minimum atomic E-state index is -0.555. The van der Waals surface area contributed by atoms with Crippen LogP contribution in [-0.4, -0.2) is 0 Å². The van der Waals surface area contributed by atoms with Crippen LogP contribution in [0, 0.1) is 0 Å². The van der Waals surface area contributed by atoms with Crippen molar-refractivity contribution in [3.63, 3.8) is 0 Å². The fourth-order valence-corrected chi connectivity index (χ4v) is 5.52. The normalized spacial score (nSPS) is 16.4. The van der Waals surface area contributed by atoms with Crippen LogP contribution in [-0.2, 0) is 0 Å². The lowest BCUT2D eigenvalue weighted by atomic mass is 9.83. The van der Waals surface area contributed by atoms with Gasteiger partial charge in [0.15, 0.2) is 0 Å². The summed E-state index contributed by atoms with van der Waals surface area (Å²) in [5.41, 5.74) is 2.06. The van der Waals surface area contributed by atoms with Gasteiger partial charge in [-0.3, -0.25) is 0 Å². The van der Waals surface area contributed by atoms with Gasteiger partial charge in [0.25, 0.3) is 0 Å². The fraction of sp³-hybridized carbons (Fsp3) is 0. The molecule has 0 aliphatic heterocycles. The molecule has 0 aliphatic carbocycles. The number of fused-ring (bicyclic) bond motifs is 4. The second kappa shape index (κ2) is 9.22. The molecule has 0 aromatic heterocycles. The number of rotatable bonds is 3. The van der Waals surface area contributed by atoms with Gasteiger partial charge in [0, 0.05) is 0 Å². The molecule has 0 nitrogen and oxygen atoms in total. The van der Waals surface area contributed by atoms with E-state index in [0.717, 1.165) is 0 Å². The van der Waals surface area contributed by atoms with E-state index in [1.54, 1.807) is 48.5 Å². The molecule has 0 aliphatic rings. The molecule has 0 N–H and O–H groups in total. The summed E-state index contributed by atoms with van der Waals surface area (Å²) in [6.45, 7) is 0. The standard InChI is InChI=1S/C40H26/c1-2-14-29-26-30(25-24-27(29)12-1)32-17-5-6-18-33(32)39-35-19-7-9-21-37(35)40(38-22-10-8-20-36(38)39)34-23-11-15-28-13-3-4-16-31(28)34/h1-26H/i1D,2D,3D,4D,11D,12D,13D,14D,15D,16D,23D,24D,25D,26D. The number of hydrogen-bond acceptors (Lipinski definition) is 0. The van der Waals surface area contributed by atoms with E-state index in [0.29, 0.717) is 43.8 Å². The van der Waals surface area contributed by atoms with Crippen LogP contribution in [0.4, 0.5) is 0 Å². The number of hydrogen-bond donors (Lipinski definition) is 0. The van der Waals surface area contributed by atoms with Crippen molar-refractivity contribution in [2.75, 3.05) is 0 Å². The first kappa shape index (κ1) is 12.8. The van der Waals surface area contributed by atoms with Gasteiger partial charge in [-0.25, -0.2) is 0 Å². The average Bonchev–Trinajstić information content (AvgIpc) is 3.17. The van der Waals surface area contributed by atoms with Gasteiger partial charge in [-0.2, -0.15) is 0 Å². The van der Waals surface area contributed by atoms with Crippen molar-refractivity contribution in [2.45, 2.75) is 0 Å². The van der Waals surface area contributed by atoms with Crippen LogP contribution >= 0.6 is 0 Å². The van der Waals surface area contributed by atoms with Gasteiger partial charge in [-0.1, -0.05) is 151 Å². The van der Waals surface area contributed by atoms with Crippen LogP contribution < -0.4 is 0 Å². The Kier molecular flexibility index (Phi) is 2.94. The van der Waals surface area contributed by atoms with Crippen molar-refractivity contribution in [3.8, 4) is 33.4 Å². The van der Waals surface area contributed by atoms with E-state index in [-0.39, 0.29) is 50.8 Å². The van der Waals surface area contributed by atoms with E-state index in [1.807, 2.05) is 24.3 Å². The Labute approximate surface area is 253 Å². The summed E-state index contributed by atoms with van der Waals surface area (Å²) >= 11 is 0. The molecule has 0 radical (unpaired) electrons. The molecule has 0 atom stereocenters. The Balaban J connectivity index is 1.56. The minimum absolute atomic E-state index is 0.00527. The molecule has 8 aromatic rings. The Morgan fingerprint density at radius 3 is 1.57 bits per heavy atom. The zero-order chi connectivity index (χ0) is 38.7. The maximum absolute atomic E-state index is 9.29. The van der Waals surface area contributed by atoms with E-state index in [1.165, 1.54) is 0 Å². The third-order valence-electron chi connectivity index (χ3n) is 7.21. The summed E-state index contributed by atoms with van der Waals surface area (Å²) in [6.07, 6.45) is 0. The van der Waals surface area contributed by atoms with Crippen molar-refractivity contribution >= 4 is 43.1 Å². The van der Waals surface area contributed by atoms with Crippen molar-refractivity contribution in [2.24, 2.45) is 0 Å². The summed E-state index contributed by atoms with van der Waals surface area (Å²) < 4.78 is 122. The highest BCUT2D eigenvalue weighted by atomic mass is 14.2. The monoisotopic (exact) mass is 520 g/mol. The molecular formula is C40H26. The van der Waals surface area contributed by atoms with Crippen molar-refractivity contribution < 1.29 is 19.2 Å². The molecule has 0 spiro atoms. The van der Waals surface area contributed by atoms with Gasteiger partial charge in [0.2, 0.25) is 0 Å². The predicted molar refractivity (Wildman–Crippen MR) is 173 cm³/mol. The predicted octanol–water partition coefficient (Wildman–Crippen LogP) is 11.3. The third-order valence-corrected chi connectivity index (χ3v) is 7.21. The van der Waals surface area contributed by atoms with E-state index >= 15 is 0 Å². The van der Waals surface area contributed by atoms with Crippen LogP contribution in [0.1, 0.15) is 19.2 Å². The van der Waals surface area contributed by atoms with E-state index in [4.69, 9.17) is 16.4 Å². The van der Waals surface area contributed by atoms with Crippen LogP contribution in [0.25, 0.3) is 76.5 Å². The zero-order valence-corrected chi connectivity index (χ0v) is 20.9. The first-order valence-corrected chi connectivity index (χ1v) is 12.7. The molecule has 0 heterocycles. The van der Waals surface area contributed by atoms with Crippen molar-refractivity contribution in [1.29, 1.82) is 0 Å². The first-order valence-electron chi connectivity index (χ1n) is 19.7. The Morgan fingerprint density at radius 1 is 0.350 bits per heavy atom. The maximum atomic E-state index is 9.29. The topological polar surface area (TPSA) is 0 Å². The summed E-state index contributed by atoms with van der Waals surface area (Å²) in [5.74, 6) is 0. The third kappa shape index (κ3) is 3.54. The average molecular weight is 521 g/mol. The molecule has 0 amide bonds. The quantitative estimate of drug-likeness (QED) is 0.203. The maximum Gasteiger partial charge on any atom is 0.0636 e. The van der Waals surface area contributed by atoms with Gasteiger partial charge in [-0.15, -0.1) is 0 Å². The molecule has 0 saturated carbocycles. The molecule has 0 saturated heterocycles. The molecular weight excluding hydrogens is 480 g/mol. The van der Waals surface area contributed by atoms with Crippen LogP contribution in [0.3, 0.4) is 0 Å². The molecule has 8 aromatic carbocycles. The van der Waals surface area contributed by atoms with Gasteiger partial charge in [0.1, 0.15) is 0 Å². The van der Waals surface area contributed by atoms with Gasteiger partial charge in [0.05, 0.1) is 19.2 Å². The Hall–Kier alpha value is -5.20. The molecule has 186 valence electrons. The zero-order valence-electron chi connectivity index (χ0n) is 34.9. The van der Waals surface area contributed by atoms with E-state index in [9.17, 15) is 2.74 Å². The minimum Gasteiger partial charge on any atom is -0.0616 e. The molecule has 0 heteroatoms. The highest BCUT2D eigenvalue weighted by Crippen LogP contribution is 2.47. The fourth-order valence-electron chi connectivity index (χ4n) is 5.52. The molecule has 0 unspecified atom stereocenters. The summed E-state index contributed by atoms with van der Waals surface area (Å²) in [7, 11) is 0. The molecule has 0 bridgehead atoms. The highest BCUT2D eigenvalue weighted by Gasteiger charge is 2.19. The van der Waals surface area contributed by atoms with Crippen LogP contribution in [0.15, 0.2) is 157 Å². The lowest BCUT2D eigenvalue weighted by molar-refractivity contribution is 1.62. The smallest absolute Gasteiger partial charge is 0.0616 e. The first-order chi connectivity index (χ1) is 25.7. The van der Waals surface area contributed by atoms with Gasteiger partial charge >= 0.3 is 0 Å². The molecule has 8 rings (SSSR count). The summed E-state index contributed by atoms with van der Waals surface area (Å²) in [6, 6.07) is 14.9. The van der Waals surface area contributed by atoms with Crippen molar-refractivity contribution in [3.05, 3.63) is 157 Å².